The molecule has 0 atom stereocenters. The highest BCUT2D eigenvalue weighted by atomic mass is 79.9. The van der Waals surface area contributed by atoms with Crippen LogP contribution in [0.2, 0.25) is 0 Å². The number of halogens is 1. The van der Waals surface area contributed by atoms with Crippen molar-refractivity contribution in [2.45, 2.75) is 6.92 Å². The van der Waals surface area contributed by atoms with Gasteiger partial charge in [-0.2, -0.15) is 0 Å². The van der Waals surface area contributed by atoms with Crippen molar-refractivity contribution in [2.24, 2.45) is 0 Å². The molecule has 72 valence electrons. The lowest BCUT2D eigenvalue weighted by atomic mass is 10.3. The molecule has 0 fully saturated rings. The number of benzene rings is 1. The fraction of sp³-hybridized carbons (Fsp3) is 0.250. The van der Waals surface area contributed by atoms with Gasteiger partial charge in [0.2, 0.25) is 0 Å². The lowest BCUT2D eigenvalue weighted by molar-refractivity contribution is -0.384. The van der Waals surface area contributed by atoms with E-state index in [0.29, 0.717) is 0 Å². The average Bonchev–Trinajstić information content (AvgIpc) is 2.06. The number of hydrogen-bond donors (Lipinski definition) is 1. The van der Waals surface area contributed by atoms with Crippen molar-refractivity contribution in [3.05, 3.63) is 34.4 Å². The molecule has 1 N–H and O–H groups in total. The van der Waals surface area contributed by atoms with E-state index in [2.05, 4.69) is 5.32 Å². The van der Waals surface area contributed by atoms with Gasteiger partial charge in [0.1, 0.15) is 0 Å². The van der Waals surface area contributed by atoms with Crippen molar-refractivity contribution < 1.29 is 4.92 Å². The van der Waals surface area contributed by atoms with Gasteiger partial charge in [0.15, 0.2) is 0 Å². The first-order chi connectivity index (χ1) is 5.74. The van der Waals surface area contributed by atoms with E-state index >= 15 is 0 Å². The largest absolute Gasteiger partial charge is 0.385 e. The van der Waals surface area contributed by atoms with Crippen LogP contribution < -0.4 is 5.32 Å². The highest BCUT2D eigenvalue weighted by molar-refractivity contribution is 8.93. The molecule has 13 heavy (non-hydrogen) atoms. The van der Waals surface area contributed by atoms with Crippen LogP contribution in [0.1, 0.15) is 6.92 Å². The predicted octanol–water partition coefficient (Wildman–Crippen LogP) is 2.60. The minimum Gasteiger partial charge on any atom is -0.385 e. The molecule has 0 spiro atoms. The monoisotopic (exact) mass is 246 g/mol. The summed E-state index contributed by atoms with van der Waals surface area (Å²) >= 11 is 0. The fourth-order valence-corrected chi connectivity index (χ4v) is 0.905. The Morgan fingerprint density at radius 3 is 2.31 bits per heavy atom. The second kappa shape index (κ2) is 5.53. The van der Waals surface area contributed by atoms with E-state index in [0.717, 1.165) is 12.2 Å². The third-order valence-electron chi connectivity index (χ3n) is 1.46. The summed E-state index contributed by atoms with van der Waals surface area (Å²) in [7, 11) is 0. The van der Waals surface area contributed by atoms with E-state index in [-0.39, 0.29) is 22.7 Å². The summed E-state index contributed by atoms with van der Waals surface area (Å²) in [5.41, 5.74) is 1.03. The maximum atomic E-state index is 10.3. The number of nitro groups is 1. The molecule has 5 heteroatoms. The molecule has 0 saturated carbocycles. The zero-order valence-electron chi connectivity index (χ0n) is 7.19. The molecule has 1 aromatic rings. The van der Waals surface area contributed by atoms with Gasteiger partial charge < -0.3 is 5.32 Å². The number of nitro benzene ring substituents is 1. The molecule has 0 unspecified atom stereocenters. The van der Waals surface area contributed by atoms with Gasteiger partial charge in [0.05, 0.1) is 4.92 Å². The molecule has 1 aromatic carbocycles. The number of rotatable bonds is 3. The number of non-ortho nitro benzene ring substituents is 1. The Bertz CT molecular complexity index is 274. The van der Waals surface area contributed by atoms with Crippen LogP contribution in [-0.4, -0.2) is 11.5 Å². The topological polar surface area (TPSA) is 55.2 Å². The first-order valence-electron chi connectivity index (χ1n) is 3.72. The summed E-state index contributed by atoms with van der Waals surface area (Å²) in [5.74, 6) is 0. The lowest BCUT2D eigenvalue weighted by Crippen LogP contribution is -1.96. The molecule has 0 amide bonds. The Kier molecular flexibility index (Phi) is 5.06. The minimum atomic E-state index is -0.407. The average molecular weight is 247 g/mol. The van der Waals surface area contributed by atoms with Gasteiger partial charge in [-0.15, -0.1) is 17.0 Å². The zero-order chi connectivity index (χ0) is 8.97. The normalized spacial score (nSPS) is 8.69. The molecule has 0 bridgehead atoms. The second-order valence-electron chi connectivity index (χ2n) is 2.33. The highest BCUT2D eigenvalue weighted by Crippen LogP contribution is 2.14. The van der Waals surface area contributed by atoms with Crippen LogP contribution in [0, 0.1) is 10.1 Å². The Balaban J connectivity index is 0.00000144. The van der Waals surface area contributed by atoms with Gasteiger partial charge in [-0.25, -0.2) is 0 Å². The fourth-order valence-electron chi connectivity index (χ4n) is 0.905. The molecule has 0 aliphatic heterocycles. The van der Waals surface area contributed by atoms with Crippen LogP contribution in [0.5, 0.6) is 0 Å². The molecule has 0 heterocycles. The van der Waals surface area contributed by atoms with E-state index < -0.39 is 4.92 Å². The SMILES string of the molecule is Br.CCNc1ccc([N+](=O)[O-])cc1. The summed E-state index contributed by atoms with van der Waals surface area (Å²) in [5, 5.41) is 13.3. The summed E-state index contributed by atoms with van der Waals surface area (Å²) in [6.07, 6.45) is 0. The van der Waals surface area contributed by atoms with Gasteiger partial charge >= 0.3 is 0 Å². The smallest absolute Gasteiger partial charge is 0.269 e. The highest BCUT2D eigenvalue weighted by Gasteiger charge is 2.02. The summed E-state index contributed by atoms with van der Waals surface area (Å²) < 4.78 is 0. The van der Waals surface area contributed by atoms with Gasteiger partial charge in [-0.1, -0.05) is 0 Å². The minimum absolute atomic E-state index is 0. The Labute approximate surface area is 86.9 Å². The van der Waals surface area contributed by atoms with Crippen molar-refractivity contribution in [1.29, 1.82) is 0 Å². The molecule has 4 nitrogen and oxygen atoms in total. The third kappa shape index (κ3) is 3.42. The van der Waals surface area contributed by atoms with E-state index in [1.807, 2.05) is 6.92 Å². The van der Waals surface area contributed by atoms with Gasteiger partial charge in [0, 0.05) is 24.4 Å². The summed E-state index contributed by atoms with van der Waals surface area (Å²) in [6, 6.07) is 6.36. The first-order valence-corrected chi connectivity index (χ1v) is 3.72. The van der Waals surface area contributed by atoms with Crippen LogP contribution in [-0.2, 0) is 0 Å². The maximum absolute atomic E-state index is 10.3. The molecule has 0 aliphatic rings. The van der Waals surface area contributed by atoms with E-state index in [4.69, 9.17) is 0 Å². The molecular formula is C8H11BrN2O2. The van der Waals surface area contributed by atoms with E-state index in [1.54, 1.807) is 12.1 Å². The van der Waals surface area contributed by atoms with Crippen LogP contribution in [0.3, 0.4) is 0 Å². The van der Waals surface area contributed by atoms with Gasteiger partial charge in [-0.05, 0) is 19.1 Å². The Hall–Kier alpha value is -1.10. The van der Waals surface area contributed by atoms with Crippen LogP contribution in [0.4, 0.5) is 11.4 Å². The third-order valence-corrected chi connectivity index (χ3v) is 1.46. The van der Waals surface area contributed by atoms with Gasteiger partial charge in [0.25, 0.3) is 5.69 Å². The molecule has 0 aromatic heterocycles. The number of anilines is 1. The molecule has 1 rings (SSSR count). The van der Waals surface area contributed by atoms with Crippen molar-refractivity contribution >= 4 is 28.4 Å². The molecular weight excluding hydrogens is 236 g/mol. The maximum Gasteiger partial charge on any atom is 0.269 e. The summed E-state index contributed by atoms with van der Waals surface area (Å²) in [6.45, 7) is 2.79. The Morgan fingerprint density at radius 2 is 1.92 bits per heavy atom. The predicted molar refractivity (Wildman–Crippen MR) is 57.6 cm³/mol. The molecule has 0 aliphatic carbocycles. The molecule has 0 radical (unpaired) electrons. The van der Waals surface area contributed by atoms with Crippen LogP contribution in [0.25, 0.3) is 0 Å². The van der Waals surface area contributed by atoms with Crippen molar-refractivity contribution in [3.8, 4) is 0 Å². The van der Waals surface area contributed by atoms with Crippen molar-refractivity contribution in [2.75, 3.05) is 11.9 Å². The van der Waals surface area contributed by atoms with Crippen molar-refractivity contribution in [3.63, 3.8) is 0 Å². The number of nitrogens with one attached hydrogen (secondary N) is 1. The van der Waals surface area contributed by atoms with E-state index in [1.165, 1.54) is 12.1 Å². The number of nitrogens with zero attached hydrogens (tertiary/aromatic N) is 1. The zero-order valence-corrected chi connectivity index (χ0v) is 8.90. The summed E-state index contributed by atoms with van der Waals surface area (Å²) in [4.78, 5) is 9.85. The van der Waals surface area contributed by atoms with Crippen LogP contribution >= 0.6 is 17.0 Å². The lowest BCUT2D eigenvalue weighted by Gasteiger charge is -2.00. The first kappa shape index (κ1) is 11.9. The standard InChI is InChI=1S/C8H10N2O2.BrH/c1-2-9-7-3-5-8(6-4-7)10(11)12;/h3-6,9H,2H2,1H3;1H. The number of hydrogen-bond acceptors (Lipinski definition) is 3. The van der Waals surface area contributed by atoms with Crippen molar-refractivity contribution in [1.82, 2.24) is 0 Å². The van der Waals surface area contributed by atoms with E-state index in [9.17, 15) is 10.1 Å². The van der Waals surface area contributed by atoms with Crippen LogP contribution in [0.15, 0.2) is 24.3 Å². The quantitative estimate of drug-likeness (QED) is 0.659. The Morgan fingerprint density at radius 1 is 1.38 bits per heavy atom. The second-order valence-corrected chi connectivity index (χ2v) is 2.33. The molecule has 0 saturated heterocycles. The van der Waals surface area contributed by atoms with Gasteiger partial charge in [-0.3, -0.25) is 10.1 Å².